The van der Waals surface area contributed by atoms with Gasteiger partial charge in [-0.05, 0) is 77.6 Å². The van der Waals surface area contributed by atoms with Gasteiger partial charge in [0.1, 0.15) is 5.69 Å². The molecule has 2 aromatic carbocycles. The highest BCUT2D eigenvalue weighted by Gasteiger charge is 2.15. The molecule has 3 aromatic heterocycles. The number of fused-ring (bicyclic) bond motifs is 1. The van der Waals surface area contributed by atoms with Crippen LogP contribution in [0.2, 0.25) is 0 Å². The highest BCUT2D eigenvalue weighted by atomic mass is 16.2. The zero-order chi connectivity index (χ0) is 25.2. The molecule has 5 rings (SSSR count). The van der Waals surface area contributed by atoms with Crippen LogP contribution >= 0.6 is 0 Å². The van der Waals surface area contributed by atoms with Crippen molar-refractivity contribution in [3.05, 3.63) is 101 Å². The molecule has 0 spiro atoms. The summed E-state index contributed by atoms with van der Waals surface area (Å²) in [5.74, 6) is -0.0964. The molecule has 8 nitrogen and oxygen atoms in total. The molecule has 5 aromatic rings. The predicted octanol–water partition coefficient (Wildman–Crippen LogP) is 4.95. The van der Waals surface area contributed by atoms with Crippen LogP contribution in [0.3, 0.4) is 0 Å². The normalized spacial score (nSPS) is 10.8. The number of hydrogen-bond acceptors (Lipinski definition) is 6. The molecule has 8 heteroatoms. The molecule has 1 amide bonds. The maximum Gasteiger partial charge on any atom is 0.274 e. The Bertz CT molecular complexity index is 1640. The third kappa shape index (κ3) is 4.05. The molecule has 0 aliphatic rings. The number of hydrogen-bond donors (Lipinski definition) is 1. The van der Waals surface area contributed by atoms with Crippen LogP contribution in [0.15, 0.2) is 73.1 Å². The lowest BCUT2D eigenvalue weighted by molar-refractivity contribution is 0.102. The molecule has 0 aliphatic carbocycles. The van der Waals surface area contributed by atoms with Crippen molar-refractivity contribution >= 4 is 29.8 Å². The molecule has 0 radical (unpaired) electrons. The zero-order valence-electron chi connectivity index (χ0n) is 19.6. The summed E-state index contributed by atoms with van der Waals surface area (Å²) < 4.78 is 1.65. The number of aromatic nitrogens is 4. The summed E-state index contributed by atoms with van der Waals surface area (Å²) in [6.07, 6.45) is 4.52. The van der Waals surface area contributed by atoms with E-state index in [0.717, 1.165) is 33.4 Å². The topological polar surface area (TPSA) is 106 Å². The Balaban J connectivity index is 1.49. The first-order chi connectivity index (χ1) is 17.5. The van der Waals surface area contributed by atoms with E-state index in [9.17, 15) is 14.4 Å². The molecule has 0 saturated heterocycles. The first kappa shape index (κ1) is 22.8. The molecule has 3 heterocycles. The summed E-state index contributed by atoms with van der Waals surface area (Å²) in [7, 11) is 0. The molecule has 36 heavy (non-hydrogen) atoms. The number of rotatable bonds is 6. The SMILES string of the molecule is Cc1c(NC(=O)c2ccc(C=O)cn2)cccc1-c1cccc(-c2ccn3c(C=O)nnc3c2)c1C. The van der Waals surface area contributed by atoms with Crippen LogP contribution in [-0.2, 0) is 0 Å². The first-order valence-electron chi connectivity index (χ1n) is 11.2. The van der Waals surface area contributed by atoms with Crippen molar-refractivity contribution in [3.8, 4) is 22.3 Å². The highest BCUT2D eigenvalue weighted by molar-refractivity contribution is 6.04. The molecule has 0 fully saturated rings. The van der Waals surface area contributed by atoms with E-state index in [1.54, 1.807) is 16.7 Å². The Hall–Kier alpha value is -4.98. The molecular formula is C28H21N5O3. The average Bonchev–Trinajstić information content (AvgIpc) is 3.32. The van der Waals surface area contributed by atoms with Crippen LogP contribution in [-0.4, -0.2) is 38.1 Å². The molecule has 1 N–H and O–H groups in total. The number of benzene rings is 2. The number of amides is 1. The van der Waals surface area contributed by atoms with Gasteiger partial charge in [0.15, 0.2) is 18.2 Å². The number of anilines is 1. The summed E-state index contributed by atoms with van der Waals surface area (Å²) in [6.45, 7) is 4.02. The van der Waals surface area contributed by atoms with Crippen LogP contribution in [0, 0.1) is 13.8 Å². The molecule has 0 atom stereocenters. The second-order valence-electron chi connectivity index (χ2n) is 8.32. The summed E-state index contributed by atoms with van der Waals surface area (Å²) in [5, 5.41) is 10.9. The van der Waals surface area contributed by atoms with Crippen molar-refractivity contribution in [2.45, 2.75) is 13.8 Å². The third-order valence-electron chi connectivity index (χ3n) is 6.21. The number of pyridine rings is 2. The van der Waals surface area contributed by atoms with E-state index < -0.39 is 0 Å². The monoisotopic (exact) mass is 475 g/mol. The van der Waals surface area contributed by atoms with Gasteiger partial charge in [-0.15, -0.1) is 10.2 Å². The van der Waals surface area contributed by atoms with Crippen LogP contribution in [0.4, 0.5) is 5.69 Å². The Morgan fingerprint density at radius 3 is 2.33 bits per heavy atom. The lowest BCUT2D eigenvalue weighted by atomic mass is 9.90. The van der Waals surface area contributed by atoms with Crippen molar-refractivity contribution in [3.63, 3.8) is 0 Å². The first-order valence-corrected chi connectivity index (χ1v) is 11.2. The smallest absolute Gasteiger partial charge is 0.274 e. The zero-order valence-corrected chi connectivity index (χ0v) is 19.6. The van der Waals surface area contributed by atoms with Crippen molar-refractivity contribution in [1.29, 1.82) is 0 Å². The quantitative estimate of drug-likeness (QED) is 0.348. The van der Waals surface area contributed by atoms with Crippen LogP contribution in [0.5, 0.6) is 0 Å². The van der Waals surface area contributed by atoms with Gasteiger partial charge < -0.3 is 5.32 Å². The summed E-state index contributed by atoms with van der Waals surface area (Å²) in [4.78, 5) is 38.8. The van der Waals surface area contributed by atoms with Gasteiger partial charge in [-0.2, -0.15) is 0 Å². The second kappa shape index (κ2) is 9.34. The van der Waals surface area contributed by atoms with Gasteiger partial charge in [-0.25, -0.2) is 0 Å². The maximum absolute atomic E-state index is 12.8. The predicted molar refractivity (Wildman–Crippen MR) is 136 cm³/mol. The van der Waals surface area contributed by atoms with Gasteiger partial charge in [0.05, 0.1) is 0 Å². The van der Waals surface area contributed by atoms with Crippen LogP contribution in [0.1, 0.15) is 42.6 Å². The number of nitrogens with zero attached hydrogens (tertiary/aromatic N) is 4. The van der Waals surface area contributed by atoms with Crippen molar-refractivity contribution in [2.24, 2.45) is 0 Å². The molecule has 0 bridgehead atoms. The lowest BCUT2D eigenvalue weighted by Crippen LogP contribution is -2.14. The van der Waals surface area contributed by atoms with E-state index in [2.05, 4.69) is 27.4 Å². The van der Waals surface area contributed by atoms with Crippen LogP contribution in [0.25, 0.3) is 27.9 Å². The van der Waals surface area contributed by atoms with E-state index in [1.807, 2.05) is 55.5 Å². The molecule has 0 aliphatic heterocycles. The van der Waals surface area contributed by atoms with Crippen LogP contribution < -0.4 is 5.32 Å². The Kier molecular flexibility index (Phi) is 5.92. The van der Waals surface area contributed by atoms with Gasteiger partial charge >= 0.3 is 0 Å². The maximum atomic E-state index is 12.8. The summed E-state index contributed by atoms with van der Waals surface area (Å²) in [5.41, 5.74) is 7.89. The van der Waals surface area contributed by atoms with E-state index in [-0.39, 0.29) is 17.4 Å². The number of aldehydes is 2. The standard InChI is InChI=1S/C28H21N5O3/c1-17-21(20-11-12-33-26(13-20)31-32-27(33)16-35)5-3-6-22(17)23-7-4-8-24(18(23)2)30-28(36)25-10-9-19(15-34)14-29-25/h3-16H,1-2H3,(H,30,36). The second-order valence-corrected chi connectivity index (χ2v) is 8.32. The van der Waals surface area contributed by atoms with E-state index in [0.29, 0.717) is 29.5 Å². The van der Waals surface area contributed by atoms with Crippen molar-refractivity contribution in [2.75, 3.05) is 5.32 Å². The Morgan fingerprint density at radius 1 is 0.861 bits per heavy atom. The van der Waals surface area contributed by atoms with Crippen molar-refractivity contribution < 1.29 is 14.4 Å². The van der Waals surface area contributed by atoms with Gasteiger partial charge in [0.2, 0.25) is 5.82 Å². The third-order valence-corrected chi connectivity index (χ3v) is 6.21. The fourth-order valence-electron chi connectivity index (χ4n) is 4.26. The van der Waals surface area contributed by atoms with Crippen molar-refractivity contribution in [1.82, 2.24) is 19.6 Å². The number of carbonyl (C=O) groups excluding carboxylic acids is 3. The Morgan fingerprint density at radius 2 is 1.61 bits per heavy atom. The van der Waals surface area contributed by atoms with E-state index >= 15 is 0 Å². The largest absolute Gasteiger partial charge is 0.320 e. The lowest BCUT2D eigenvalue weighted by Gasteiger charge is -2.16. The number of carbonyl (C=O) groups is 3. The molecule has 0 saturated carbocycles. The summed E-state index contributed by atoms with van der Waals surface area (Å²) in [6, 6.07) is 18.8. The van der Waals surface area contributed by atoms with Gasteiger partial charge in [-0.3, -0.25) is 23.8 Å². The minimum Gasteiger partial charge on any atom is -0.320 e. The molecule has 0 unspecified atom stereocenters. The fourth-order valence-corrected chi connectivity index (χ4v) is 4.26. The average molecular weight is 476 g/mol. The highest BCUT2D eigenvalue weighted by Crippen LogP contribution is 2.35. The fraction of sp³-hybridized carbons (Fsp3) is 0.0714. The van der Waals surface area contributed by atoms with Gasteiger partial charge in [0.25, 0.3) is 5.91 Å². The molecular weight excluding hydrogens is 454 g/mol. The Labute approximate surface area is 206 Å². The van der Waals surface area contributed by atoms with E-state index in [4.69, 9.17) is 0 Å². The summed E-state index contributed by atoms with van der Waals surface area (Å²) >= 11 is 0. The van der Waals surface area contributed by atoms with E-state index in [1.165, 1.54) is 12.3 Å². The molecule has 176 valence electrons. The number of nitrogens with one attached hydrogen (secondary N) is 1. The van der Waals surface area contributed by atoms with Gasteiger partial charge in [-0.1, -0.05) is 30.3 Å². The minimum absolute atomic E-state index is 0.227. The minimum atomic E-state index is -0.352. The van der Waals surface area contributed by atoms with Gasteiger partial charge in [0, 0.05) is 23.6 Å².